The third-order valence-corrected chi connectivity index (χ3v) is 4.09. The van der Waals surface area contributed by atoms with Gasteiger partial charge >= 0.3 is 5.97 Å². The minimum absolute atomic E-state index is 0.127. The van der Waals surface area contributed by atoms with E-state index in [2.05, 4.69) is 4.90 Å². The molecule has 20 heavy (non-hydrogen) atoms. The van der Waals surface area contributed by atoms with Crippen LogP contribution in [0.3, 0.4) is 0 Å². The number of hydrogen-bond acceptors (Lipinski definition) is 2. The average molecular weight is 283 g/mol. The summed E-state index contributed by atoms with van der Waals surface area (Å²) in [5, 5.41) is 9.17. The molecule has 0 aliphatic carbocycles. The molecule has 0 radical (unpaired) electrons. The summed E-state index contributed by atoms with van der Waals surface area (Å²) >= 11 is 0. The molecule has 0 bridgehead atoms. The first-order chi connectivity index (χ1) is 9.43. The molecule has 1 aromatic rings. The van der Waals surface area contributed by atoms with Crippen LogP contribution in [-0.2, 0) is 10.3 Å². The highest BCUT2D eigenvalue weighted by Crippen LogP contribution is 2.34. The van der Waals surface area contributed by atoms with E-state index in [1.807, 2.05) is 0 Å². The Morgan fingerprint density at radius 2 is 1.90 bits per heavy atom. The number of hydrogen-bond donors (Lipinski definition) is 1. The number of carboxylic acids is 1. The van der Waals surface area contributed by atoms with Crippen molar-refractivity contribution in [1.29, 1.82) is 0 Å². The lowest BCUT2D eigenvalue weighted by Crippen LogP contribution is -2.48. The van der Waals surface area contributed by atoms with Crippen LogP contribution < -0.4 is 0 Å². The fourth-order valence-electron chi connectivity index (χ4n) is 2.91. The molecule has 1 N–H and O–H groups in total. The smallest absolute Gasteiger partial charge is 0.305 e. The largest absolute Gasteiger partial charge is 0.481 e. The molecular formula is C15H19F2NO2. The number of benzene rings is 1. The maximum Gasteiger partial charge on any atom is 0.305 e. The summed E-state index contributed by atoms with van der Waals surface area (Å²) < 4.78 is 26.6. The van der Waals surface area contributed by atoms with Gasteiger partial charge in [0.15, 0.2) is 11.6 Å². The summed E-state index contributed by atoms with van der Waals surface area (Å²) in [6.45, 7) is 3.35. The molecule has 1 atom stereocenters. The molecule has 1 unspecified atom stereocenters. The van der Waals surface area contributed by atoms with Gasteiger partial charge in [-0.2, -0.15) is 0 Å². The number of likely N-dealkylation sites (tertiary alicyclic amines) is 1. The van der Waals surface area contributed by atoms with Gasteiger partial charge in [0.25, 0.3) is 0 Å². The number of piperidine rings is 1. The summed E-state index contributed by atoms with van der Waals surface area (Å²) in [6.07, 6.45) is 2.99. The van der Waals surface area contributed by atoms with Crippen LogP contribution in [0.2, 0.25) is 0 Å². The van der Waals surface area contributed by atoms with Crippen molar-refractivity contribution in [3.8, 4) is 0 Å². The van der Waals surface area contributed by atoms with E-state index < -0.39 is 23.1 Å². The standard InChI is InChI=1S/C15H19F2NO2/c1-15(10-14(19)20,18-7-3-2-4-8-18)11-5-6-12(16)13(17)9-11/h5-6,9H,2-4,7-8,10H2,1H3,(H,19,20). The fraction of sp³-hybridized carbons (Fsp3) is 0.533. The monoisotopic (exact) mass is 283 g/mol. The zero-order chi connectivity index (χ0) is 14.8. The molecule has 3 nitrogen and oxygen atoms in total. The molecule has 1 aliphatic heterocycles. The normalized spacial score (nSPS) is 19.6. The Balaban J connectivity index is 2.38. The van der Waals surface area contributed by atoms with Gasteiger partial charge in [-0.25, -0.2) is 8.78 Å². The summed E-state index contributed by atoms with van der Waals surface area (Å²) in [6, 6.07) is 3.66. The molecular weight excluding hydrogens is 264 g/mol. The third-order valence-electron chi connectivity index (χ3n) is 4.09. The van der Waals surface area contributed by atoms with Gasteiger partial charge in [-0.05, 0) is 50.6 Å². The second-order valence-electron chi connectivity index (χ2n) is 5.52. The van der Waals surface area contributed by atoms with E-state index in [9.17, 15) is 18.7 Å². The van der Waals surface area contributed by atoms with Crippen LogP contribution >= 0.6 is 0 Å². The summed E-state index contributed by atoms with van der Waals surface area (Å²) in [7, 11) is 0. The first kappa shape index (κ1) is 14.9. The van der Waals surface area contributed by atoms with Gasteiger partial charge in [-0.1, -0.05) is 12.5 Å². The summed E-state index contributed by atoms with van der Waals surface area (Å²) in [5.74, 6) is -2.79. The Morgan fingerprint density at radius 1 is 1.25 bits per heavy atom. The molecule has 110 valence electrons. The van der Waals surface area contributed by atoms with E-state index in [1.54, 1.807) is 6.92 Å². The van der Waals surface area contributed by atoms with Gasteiger partial charge in [0.05, 0.1) is 12.0 Å². The van der Waals surface area contributed by atoms with Crippen molar-refractivity contribution in [1.82, 2.24) is 4.90 Å². The molecule has 1 aromatic carbocycles. The van der Waals surface area contributed by atoms with E-state index in [0.29, 0.717) is 5.56 Å². The quantitative estimate of drug-likeness (QED) is 0.923. The van der Waals surface area contributed by atoms with Gasteiger partial charge in [0.1, 0.15) is 0 Å². The van der Waals surface area contributed by atoms with E-state index in [0.717, 1.165) is 44.5 Å². The average Bonchev–Trinajstić information content (AvgIpc) is 2.42. The van der Waals surface area contributed by atoms with E-state index in [-0.39, 0.29) is 6.42 Å². The lowest BCUT2D eigenvalue weighted by Gasteiger charge is -2.43. The zero-order valence-electron chi connectivity index (χ0n) is 11.5. The number of aliphatic carboxylic acids is 1. The highest BCUT2D eigenvalue weighted by Gasteiger charge is 2.37. The van der Waals surface area contributed by atoms with E-state index in [1.165, 1.54) is 6.07 Å². The van der Waals surface area contributed by atoms with Crippen LogP contribution in [0.4, 0.5) is 8.78 Å². The highest BCUT2D eigenvalue weighted by atomic mass is 19.2. The van der Waals surface area contributed by atoms with Crippen molar-refractivity contribution in [3.63, 3.8) is 0 Å². The Morgan fingerprint density at radius 3 is 2.45 bits per heavy atom. The van der Waals surface area contributed by atoms with Crippen LogP contribution in [0.1, 0.15) is 38.2 Å². The second kappa shape index (κ2) is 5.87. The van der Waals surface area contributed by atoms with Gasteiger partial charge in [-0.15, -0.1) is 0 Å². The molecule has 1 heterocycles. The van der Waals surface area contributed by atoms with E-state index in [4.69, 9.17) is 0 Å². The van der Waals surface area contributed by atoms with Crippen molar-refractivity contribution < 1.29 is 18.7 Å². The van der Waals surface area contributed by atoms with Crippen molar-refractivity contribution in [2.75, 3.05) is 13.1 Å². The topological polar surface area (TPSA) is 40.5 Å². The predicted molar refractivity (Wildman–Crippen MR) is 71.4 cm³/mol. The predicted octanol–water partition coefficient (Wildman–Crippen LogP) is 3.14. The maximum absolute atomic E-state index is 13.5. The number of halogens is 2. The van der Waals surface area contributed by atoms with Crippen LogP contribution in [0, 0.1) is 11.6 Å². The van der Waals surface area contributed by atoms with Gasteiger partial charge in [0, 0.05) is 0 Å². The van der Waals surface area contributed by atoms with Gasteiger partial charge in [0.2, 0.25) is 0 Å². The van der Waals surface area contributed by atoms with Crippen molar-refractivity contribution in [2.45, 2.75) is 38.1 Å². The molecule has 1 saturated heterocycles. The maximum atomic E-state index is 13.5. The number of nitrogens with zero attached hydrogens (tertiary/aromatic N) is 1. The first-order valence-electron chi connectivity index (χ1n) is 6.86. The van der Waals surface area contributed by atoms with Crippen molar-refractivity contribution >= 4 is 5.97 Å². The Labute approximate surface area is 117 Å². The fourth-order valence-corrected chi connectivity index (χ4v) is 2.91. The Bertz CT molecular complexity index is 501. The molecule has 2 rings (SSSR count). The van der Waals surface area contributed by atoms with Crippen LogP contribution in [0.5, 0.6) is 0 Å². The lowest BCUT2D eigenvalue weighted by atomic mass is 9.85. The minimum atomic E-state index is -0.942. The lowest BCUT2D eigenvalue weighted by molar-refractivity contribution is -0.140. The van der Waals surface area contributed by atoms with Crippen molar-refractivity contribution in [2.24, 2.45) is 0 Å². The van der Waals surface area contributed by atoms with Gasteiger partial charge < -0.3 is 5.11 Å². The Hall–Kier alpha value is -1.49. The molecule has 5 heteroatoms. The number of carbonyl (C=O) groups is 1. The van der Waals surface area contributed by atoms with Crippen molar-refractivity contribution in [3.05, 3.63) is 35.4 Å². The SMILES string of the molecule is CC(CC(=O)O)(c1ccc(F)c(F)c1)N1CCCCC1. The van der Waals surface area contributed by atoms with Gasteiger partial charge in [-0.3, -0.25) is 9.69 Å². The van der Waals surface area contributed by atoms with Crippen LogP contribution in [-0.4, -0.2) is 29.1 Å². The molecule has 0 aromatic heterocycles. The second-order valence-corrected chi connectivity index (χ2v) is 5.52. The summed E-state index contributed by atoms with van der Waals surface area (Å²) in [5.41, 5.74) is -0.290. The third kappa shape index (κ3) is 2.98. The Kier molecular flexibility index (Phi) is 4.38. The molecule has 0 amide bonds. The number of rotatable bonds is 4. The highest BCUT2D eigenvalue weighted by molar-refractivity contribution is 5.68. The van der Waals surface area contributed by atoms with E-state index >= 15 is 0 Å². The minimum Gasteiger partial charge on any atom is -0.481 e. The molecule has 0 saturated carbocycles. The van der Waals surface area contributed by atoms with Crippen LogP contribution in [0.15, 0.2) is 18.2 Å². The zero-order valence-corrected chi connectivity index (χ0v) is 11.5. The van der Waals surface area contributed by atoms with Crippen LogP contribution in [0.25, 0.3) is 0 Å². The molecule has 1 aliphatic rings. The first-order valence-corrected chi connectivity index (χ1v) is 6.86. The molecule has 1 fully saturated rings. The molecule has 0 spiro atoms. The summed E-state index contributed by atoms with van der Waals surface area (Å²) in [4.78, 5) is 13.3. The number of carboxylic acid groups (broad SMARTS) is 1.